The molecule has 18 aromatic carbocycles. The molecule has 0 unspecified atom stereocenters. The third-order valence-corrected chi connectivity index (χ3v) is 23.4. The van der Waals surface area contributed by atoms with Crippen molar-refractivity contribution in [3.05, 3.63) is 364 Å². The lowest BCUT2D eigenvalue weighted by Crippen LogP contribution is -1.95. The smallest absolute Gasteiger partial charge is 0.143 e. The lowest BCUT2D eigenvalue weighted by molar-refractivity contribution is 0.670. The van der Waals surface area contributed by atoms with Gasteiger partial charge in [0.25, 0.3) is 0 Å². The number of nitrogens with zero attached hydrogens (tertiary/aromatic N) is 2. The summed E-state index contributed by atoms with van der Waals surface area (Å²) in [7, 11) is 0. The second-order valence-corrected chi connectivity index (χ2v) is 28.6. The van der Waals surface area contributed by atoms with Gasteiger partial charge in [0.2, 0.25) is 0 Å². The van der Waals surface area contributed by atoms with Crippen LogP contribution in [0.5, 0.6) is 0 Å². The van der Waals surface area contributed by atoms with E-state index in [1.165, 1.54) is 163 Å². The van der Waals surface area contributed by atoms with Crippen LogP contribution < -0.4 is 0 Å². The van der Waals surface area contributed by atoms with Gasteiger partial charge < -0.3 is 13.6 Å². The van der Waals surface area contributed by atoms with Crippen molar-refractivity contribution in [1.29, 1.82) is 0 Å². The van der Waals surface area contributed by atoms with Gasteiger partial charge >= 0.3 is 0 Å². The third kappa shape index (κ3) is 8.76. The van der Waals surface area contributed by atoms with Crippen molar-refractivity contribution in [3.8, 4) is 89.3 Å². The molecule has 0 aliphatic heterocycles. The van der Waals surface area contributed by atoms with Gasteiger partial charge in [0.1, 0.15) is 11.2 Å². The molecule has 0 atom stereocenters. The zero-order valence-corrected chi connectivity index (χ0v) is 57.2. The van der Waals surface area contributed by atoms with E-state index >= 15 is 0 Å². The molecule has 0 aliphatic carbocycles. The molecule has 0 amide bonds. The Kier molecular flexibility index (Phi) is 13.0. The highest BCUT2D eigenvalue weighted by Crippen LogP contribution is 2.51. The van der Waals surface area contributed by atoms with Crippen LogP contribution in [-0.2, 0) is 0 Å². The van der Waals surface area contributed by atoms with Crippen LogP contribution in [0.1, 0.15) is 0 Å². The summed E-state index contributed by atoms with van der Waals surface area (Å²) in [5.41, 5.74) is 25.5. The maximum Gasteiger partial charge on any atom is 0.143 e. The molecule has 3 nitrogen and oxygen atoms in total. The number of thiophene rings is 1. The van der Waals surface area contributed by atoms with Gasteiger partial charge in [0.05, 0.1) is 22.1 Å². The van der Waals surface area contributed by atoms with Gasteiger partial charge in [0.15, 0.2) is 0 Å². The average molecular weight is 1340 g/mol. The number of hydrogen-bond donors (Lipinski definition) is 0. The summed E-state index contributed by atoms with van der Waals surface area (Å²) < 4.78 is 14.2. The van der Waals surface area contributed by atoms with Gasteiger partial charge in [-0.3, -0.25) is 0 Å². The minimum Gasteiger partial charge on any atom is -0.455 e. The Bertz CT molecular complexity index is 7200. The van der Waals surface area contributed by atoms with Gasteiger partial charge in [0, 0.05) is 75.0 Å². The Hall–Kier alpha value is -13.4. The van der Waals surface area contributed by atoms with E-state index in [1.807, 2.05) is 11.3 Å². The van der Waals surface area contributed by atoms with Gasteiger partial charge in [-0.25, -0.2) is 0 Å². The summed E-state index contributed by atoms with van der Waals surface area (Å²) in [6, 6.07) is 135. The Morgan fingerprint density at radius 1 is 0.202 bits per heavy atom. The van der Waals surface area contributed by atoms with Gasteiger partial charge in [-0.15, -0.1) is 11.3 Å². The number of rotatable bonds is 9. The summed E-state index contributed by atoms with van der Waals surface area (Å²) >= 11 is 1.91. The molecular weight excluding hydrogens is 1280 g/mol. The first kappa shape index (κ1) is 58.4. The fourth-order valence-electron chi connectivity index (χ4n) is 17.7. The first-order chi connectivity index (χ1) is 51.6. The number of para-hydroxylation sites is 3. The molecule has 0 saturated heterocycles. The predicted octanol–water partition coefficient (Wildman–Crippen LogP) is 28.4. The van der Waals surface area contributed by atoms with Crippen LogP contribution in [-0.4, -0.2) is 9.13 Å². The molecule has 0 bridgehead atoms. The van der Waals surface area contributed by atoms with Crippen LogP contribution in [0, 0.1) is 0 Å². The molecule has 22 aromatic rings. The van der Waals surface area contributed by atoms with Crippen molar-refractivity contribution in [3.63, 3.8) is 0 Å². The predicted molar refractivity (Wildman–Crippen MR) is 443 cm³/mol. The van der Waals surface area contributed by atoms with Crippen molar-refractivity contribution in [1.82, 2.24) is 9.13 Å². The largest absolute Gasteiger partial charge is 0.455 e. The molecule has 4 aromatic heterocycles. The Labute approximate surface area is 602 Å². The molecule has 22 rings (SSSR count). The van der Waals surface area contributed by atoms with Crippen LogP contribution in [0.25, 0.3) is 218 Å². The summed E-state index contributed by atoms with van der Waals surface area (Å²) in [6.07, 6.45) is 0. The van der Waals surface area contributed by atoms with Gasteiger partial charge in [-0.05, 0) is 177 Å². The van der Waals surface area contributed by atoms with Crippen LogP contribution in [0.3, 0.4) is 0 Å². The Morgan fingerprint density at radius 3 is 1.09 bits per heavy atom. The SMILES string of the molecule is c1ccc(-c2c3ccccc3c(-c3ccc(-n4c5ccccc5c5cc(-c6cccc7c6sc6c(-c8cccc9c8c8cc(-c%10cccc%11c%10oc%10ccccc%10%11)ccc8n9-c8ccc(-c9c%10ccccc%10c(-c%10ccccc%10)c%10ccccc9%10)cc8)cccc67)ccc54)cc3)c3ccccc23)cc1. The molecule has 482 valence electrons. The molecule has 0 radical (unpaired) electrons. The first-order valence-corrected chi connectivity index (χ1v) is 36.6. The summed E-state index contributed by atoms with van der Waals surface area (Å²) in [5, 5.41) is 19.6. The van der Waals surface area contributed by atoms with Crippen molar-refractivity contribution in [2.75, 3.05) is 0 Å². The quantitative estimate of drug-likeness (QED) is 0.132. The number of hydrogen-bond acceptors (Lipinski definition) is 2. The second kappa shape index (κ2) is 23.1. The van der Waals surface area contributed by atoms with Crippen LogP contribution in [0.2, 0.25) is 0 Å². The fraction of sp³-hybridized carbons (Fsp3) is 0. The second-order valence-electron chi connectivity index (χ2n) is 27.6. The van der Waals surface area contributed by atoms with Crippen molar-refractivity contribution < 1.29 is 4.42 Å². The average Bonchev–Trinajstić information content (AvgIpc) is 1.58. The molecule has 0 fully saturated rings. The van der Waals surface area contributed by atoms with Crippen molar-refractivity contribution in [2.45, 2.75) is 0 Å². The molecule has 0 spiro atoms. The van der Waals surface area contributed by atoms with E-state index < -0.39 is 0 Å². The monoisotopic (exact) mass is 1340 g/mol. The summed E-state index contributed by atoms with van der Waals surface area (Å²) in [6.45, 7) is 0. The van der Waals surface area contributed by atoms with Crippen LogP contribution in [0.15, 0.2) is 368 Å². The van der Waals surface area contributed by atoms with Gasteiger partial charge in [-0.2, -0.15) is 0 Å². The van der Waals surface area contributed by atoms with E-state index in [-0.39, 0.29) is 0 Å². The third-order valence-electron chi connectivity index (χ3n) is 22.1. The Morgan fingerprint density at radius 2 is 0.548 bits per heavy atom. The van der Waals surface area contributed by atoms with E-state index in [1.54, 1.807) is 0 Å². The Balaban J connectivity index is 0.685. The zero-order valence-electron chi connectivity index (χ0n) is 56.4. The highest BCUT2D eigenvalue weighted by atomic mass is 32.1. The van der Waals surface area contributed by atoms with Crippen molar-refractivity contribution in [2.24, 2.45) is 0 Å². The van der Waals surface area contributed by atoms with E-state index in [9.17, 15) is 0 Å². The van der Waals surface area contributed by atoms with E-state index in [0.29, 0.717) is 0 Å². The number of aromatic nitrogens is 2. The summed E-state index contributed by atoms with van der Waals surface area (Å²) in [5.74, 6) is 0. The maximum absolute atomic E-state index is 6.76. The minimum absolute atomic E-state index is 0.891. The molecule has 4 heteroatoms. The number of furan rings is 1. The highest BCUT2D eigenvalue weighted by molar-refractivity contribution is 7.27. The molecule has 0 aliphatic rings. The number of benzene rings is 18. The topological polar surface area (TPSA) is 23.0 Å². The van der Waals surface area contributed by atoms with Gasteiger partial charge in [-0.1, -0.05) is 297 Å². The molecule has 0 saturated carbocycles. The minimum atomic E-state index is 0.891. The molecule has 4 heterocycles. The fourth-order valence-corrected chi connectivity index (χ4v) is 19.0. The lowest BCUT2D eigenvalue weighted by atomic mass is 9.86. The normalized spacial score (nSPS) is 12.0. The van der Waals surface area contributed by atoms with Crippen LogP contribution >= 0.6 is 11.3 Å². The number of fused-ring (bicyclic) bond motifs is 16. The van der Waals surface area contributed by atoms with E-state index in [2.05, 4.69) is 373 Å². The van der Waals surface area contributed by atoms with E-state index in [0.717, 1.165) is 55.5 Å². The first-order valence-electron chi connectivity index (χ1n) is 35.8. The standard InChI is InChI=1S/C100H60N2OS/c1-3-23-61(24-4-1)93-73-29-7-11-33-77(73)95(78-34-12-8-30-74(78)93)63-47-53-67(54-48-63)101-88-44-17-15-27-71(88)86-59-66(52-57-89(86)101)70-38-20-42-84-85-43-21-41-83(100(85)104-99(70)84)81-39-22-45-91-97(81)87-60-65(69-37-19-40-82-72-28-16-18-46-92(72)103-98(69)82)51-58-90(87)102(91)68-55-49-64(50-56-68)96-79-35-13-9-31-75(79)94(62-25-5-2-6-26-62)76-32-10-14-36-80(76)96/h1-60H. The lowest BCUT2D eigenvalue weighted by Gasteiger charge is -2.18. The summed E-state index contributed by atoms with van der Waals surface area (Å²) in [4.78, 5) is 0. The maximum atomic E-state index is 6.76. The molecular formula is C100H60N2OS. The van der Waals surface area contributed by atoms with Crippen molar-refractivity contribution >= 4 is 140 Å². The molecule has 0 N–H and O–H groups in total. The van der Waals surface area contributed by atoms with E-state index in [4.69, 9.17) is 4.42 Å². The van der Waals surface area contributed by atoms with Crippen LogP contribution in [0.4, 0.5) is 0 Å². The highest BCUT2D eigenvalue weighted by Gasteiger charge is 2.25. The zero-order chi connectivity index (χ0) is 68.1. The molecule has 104 heavy (non-hydrogen) atoms.